The highest BCUT2D eigenvalue weighted by Gasteiger charge is 2.59. The highest BCUT2D eigenvalue weighted by molar-refractivity contribution is 6.02. The second-order valence-electron chi connectivity index (χ2n) is 40.5. The zero-order valence-electron chi connectivity index (χ0n) is 85.2. The molecule has 1 aliphatic heterocycles. The average Bonchev–Trinajstić information content (AvgIpc) is 0.727. The molecule has 0 spiro atoms. The number of nitrogens with two attached hydrogens (primary N) is 2. The molecule has 15 N–H and O–H groups in total. The molecular weight excluding hydrogens is 1820 g/mol. The normalized spacial score (nSPS) is 21.3. The number of para-hydroxylation sites is 1. The molecule has 0 saturated heterocycles. The fraction of sp³-hybridized carbons (Fsp3) is 0.636. The van der Waals surface area contributed by atoms with Crippen LogP contribution >= 0.6 is 0 Å². The number of nitrogens with zero attached hydrogens (tertiary/aromatic N) is 2. The first kappa shape index (κ1) is 113. The van der Waals surface area contributed by atoms with Gasteiger partial charge in [0.15, 0.2) is 0 Å². The maximum absolute atomic E-state index is 15.1. The molecule has 10 rings (SSSR count). The molecule has 0 radical (unpaired) electrons. The van der Waals surface area contributed by atoms with Gasteiger partial charge in [-0.2, -0.15) is 0 Å². The number of benzene rings is 4. The number of urea groups is 1. The van der Waals surface area contributed by atoms with Crippen molar-refractivity contribution in [3.8, 4) is 17.6 Å². The number of anilines is 2. The first-order valence-corrected chi connectivity index (χ1v) is 51.3. The summed E-state index contributed by atoms with van der Waals surface area (Å²) in [5.74, 6) is 2.00. The Labute approximate surface area is 838 Å². The number of phenols is 1. The molecule has 10 atom stereocenters. The number of primary amides is 1. The molecule has 4 aromatic rings. The largest absolute Gasteiger partial charge is 0.508 e. The number of amides is 12. The van der Waals surface area contributed by atoms with Crippen molar-refractivity contribution in [3.63, 3.8) is 0 Å². The number of allylic oxidation sites excluding steroid dienone is 1. The Morgan fingerprint density at radius 3 is 1.63 bits per heavy atom. The number of rotatable bonds is 59. The number of fused-ring (bicyclic) bond motifs is 8. The molecule has 12 amide bonds. The van der Waals surface area contributed by atoms with E-state index < -0.39 is 76.1 Å². The molecule has 782 valence electrons. The lowest BCUT2D eigenvalue weighted by Crippen LogP contribution is -2.60. The summed E-state index contributed by atoms with van der Waals surface area (Å²) < 4.78 is 52.3. The number of ether oxygens (including phenoxy) is 9. The number of nitrogens with one attached hydrogen (secondary N) is 10. The van der Waals surface area contributed by atoms with Gasteiger partial charge in [0.05, 0.1) is 175 Å². The zero-order valence-corrected chi connectivity index (χ0v) is 85.2. The third-order valence-corrected chi connectivity index (χ3v) is 28.7. The van der Waals surface area contributed by atoms with Crippen LogP contribution in [0.25, 0.3) is 0 Å². The van der Waals surface area contributed by atoms with Gasteiger partial charge < -0.3 is 116 Å². The third-order valence-electron chi connectivity index (χ3n) is 28.7. The van der Waals surface area contributed by atoms with E-state index in [4.69, 9.17) is 54.1 Å². The van der Waals surface area contributed by atoms with E-state index in [2.05, 4.69) is 100.0 Å². The lowest BCUT2D eigenvalue weighted by Gasteiger charge is -2.56. The van der Waals surface area contributed by atoms with Crippen molar-refractivity contribution in [1.29, 1.82) is 0 Å². The molecule has 2 saturated carbocycles. The quantitative estimate of drug-likeness (QED) is 0.00856. The van der Waals surface area contributed by atoms with Crippen molar-refractivity contribution >= 4 is 76.5 Å². The summed E-state index contributed by atoms with van der Waals surface area (Å²) in [6, 6.07) is 22.2. The SMILES string of the molecule is CC(C)[C@H](NC(=O)[C@@H](CCCCNC(=O)COC1CCCCC/C(NCCOCCOCCOCCOCCC(=O)NCC[N+](C)(C)C)=C\1N)NC(=O)CCOCCOCCOCCOCCNC(=O)CCC(=O)N1Cc2ccccc2C#Cc2ccccc21)C(=O)N[C@@H](CCCNC(N)=O)C(=O)Nc1ccc2c(c1)[C@@]1(C)CCC[C@](C)(C(=O)NC(=O)[C@@]3(C)CCC[C@]4(C)c5cc(O)ccc5CC[C@@H]34)C1CC2. The Balaban J connectivity index is 0.681. The van der Waals surface area contributed by atoms with Crippen LogP contribution in [-0.4, -0.2) is 272 Å². The predicted octanol–water partition coefficient (Wildman–Crippen LogP) is 8.23. The van der Waals surface area contributed by atoms with Gasteiger partial charge >= 0.3 is 6.03 Å². The topological polar surface area (TPSA) is 467 Å². The number of unbranched alkanes of at least 4 members (excludes halogenated alkanes) is 1. The molecule has 4 aromatic carbocycles. The van der Waals surface area contributed by atoms with E-state index in [1.54, 1.807) is 24.8 Å². The Kier molecular flexibility index (Phi) is 45.6. The third kappa shape index (κ3) is 34.5. The van der Waals surface area contributed by atoms with Crippen LogP contribution in [-0.2, 0) is 121 Å². The fourth-order valence-corrected chi connectivity index (χ4v) is 20.8. The van der Waals surface area contributed by atoms with Crippen molar-refractivity contribution < 1.29 is 105 Å². The van der Waals surface area contributed by atoms with Crippen LogP contribution < -0.4 is 69.5 Å². The standard InChI is InChI=1S/C107H158N14O21/c1-74(2)97(100(130)117-86(27-19-49-114-103(109)133)98(128)115-80-36-32-76-34-38-89-104(3,82(76)70-80)44-20-46-106(89,5)101(131)119-102(132)107(6)47-21-45-105(4)83-71-81(122)37-33-77(83)35-39-90(105)107)118-99(129)85(26-17-18-48-111-94(126)73-142-88-29-12-10-11-25-84(96(88)108)110-51-56-136-60-64-140-68-66-138-62-58-134-54-42-92(124)112-50-53-121(7,8)9)116-93(125)43-55-135-59-63-139-67-69-141-65-61-137-57-52-113-91(123)40-41-95(127)120-72-79-24-14-13-22-75(79)30-31-78-23-15-16-28-87(78)120/h13-16,22-24,28,32-33,36-37,70-71,74,85-86,88-90,97,110H,10-12,17-21,25-27,29,34-35,38-69,72-73,108H2,1-9H3,(H11-,109,111,112,113,114,115,116,117,118,119,122,123,124,125,126,128,129,130,131,132,133)/p+1/b96-84-/t85-,86+,88?,89?,90-,97+,104-,105-,106+,107+/m1/s1. The van der Waals surface area contributed by atoms with Gasteiger partial charge in [-0.1, -0.05) is 122 Å². The highest BCUT2D eigenvalue weighted by atomic mass is 16.6. The maximum atomic E-state index is 15.1. The van der Waals surface area contributed by atoms with Gasteiger partial charge in [-0.3, -0.25) is 53.3 Å². The van der Waals surface area contributed by atoms with Gasteiger partial charge in [0, 0.05) is 74.4 Å². The Morgan fingerprint density at radius 1 is 0.486 bits per heavy atom. The van der Waals surface area contributed by atoms with E-state index in [1.165, 1.54) is 5.56 Å². The summed E-state index contributed by atoms with van der Waals surface area (Å²) in [7, 11) is 6.22. The van der Waals surface area contributed by atoms with Gasteiger partial charge in [-0.15, -0.1) is 0 Å². The number of hydrogen-bond acceptors (Lipinski definition) is 23. The van der Waals surface area contributed by atoms with Crippen LogP contribution in [0.4, 0.5) is 16.2 Å². The number of aromatic hydroxyl groups is 1. The average molecular weight is 1980 g/mol. The smallest absolute Gasteiger partial charge is 0.312 e. The molecule has 6 aliphatic rings. The zero-order chi connectivity index (χ0) is 102. The second kappa shape index (κ2) is 57.2. The molecule has 2 unspecified atom stereocenters. The first-order chi connectivity index (χ1) is 68.2. The Hall–Kier alpha value is -10.7. The maximum Gasteiger partial charge on any atom is 0.312 e. The molecule has 35 nitrogen and oxygen atoms in total. The number of imide groups is 1. The van der Waals surface area contributed by atoms with Gasteiger partial charge in [-0.05, 0) is 202 Å². The van der Waals surface area contributed by atoms with Gasteiger partial charge in [0.1, 0.15) is 30.5 Å². The van der Waals surface area contributed by atoms with Crippen molar-refractivity contribution in [3.05, 3.63) is 135 Å². The Morgan fingerprint density at radius 2 is 1.01 bits per heavy atom. The number of carbonyl (C=O) groups excluding carboxylic acids is 11. The molecule has 142 heavy (non-hydrogen) atoms. The summed E-state index contributed by atoms with van der Waals surface area (Å²) >= 11 is 0. The first-order valence-electron chi connectivity index (χ1n) is 51.3. The van der Waals surface area contributed by atoms with E-state index in [1.807, 2.05) is 92.7 Å². The predicted molar refractivity (Wildman–Crippen MR) is 539 cm³/mol. The molecule has 0 bridgehead atoms. The molecule has 2 fully saturated rings. The summed E-state index contributed by atoms with van der Waals surface area (Å²) in [4.78, 5) is 154. The van der Waals surface area contributed by atoms with Crippen molar-refractivity contribution in [1.82, 2.24) is 47.9 Å². The molecule has 0 aromatic heterocycles. The van der Waals surface area contributed by atoms with Crippen LogP contribution in [0.1, 0.15) is 222 Å². The number of phenolic OH excluding ortho intramolecular Hbond substituents is 1. The molecular formula is C107H159N14O21+. The van der Waals surface area contributed by atoms with Crippen LogP contribution in [0.2, 0.25) is 0 Å². The molecule has 1 heterocycles. The van der Waals surface area contributed by atoms with Crippen LogP contribution in [0.5, 0.6) is 5.75 Å². The van der Waals surface area contributed by atoms with E-state index in [9.17, 15) is 53.1 Å². The summed E-state index contributed by atoms with van der Waals surface area (Å²) in [6.07, 6.45) is 12.1. The number of aryl methyl sites for hydroxylation is 2. The summed E-state index contributed by atoms with van der Waals surface area (Å²) in [5.41, 5.74) is 19.0. The van der Waals surface area contributed by atoms with Crippen molar-refractivity contribution in [2.24, 2.45) is 40.1 Å². The van der Waals surface area contributed by atoms with Gasteiger partial charge in [-0.25, -0.2) is 4.79 Å². The lowest BCUT2D eigenvalue weighted by molar-refractivity contribution is -0.869. The minimum Gasteiger partial charge on any atom is -0.508 e. The van der Waals surface area contributed by atoms with Crippen molar-refractivity contribution in [2.45, 2.75) is 237 Å². The summed E-state index contributed by atoms with van der Waals surface area (Å²) in [5, 5.41) is 40.0. The van der Waals surface area contributed by atoms with E-state index >= 15 is 4.79 Å². The van der Waals surface area contributed by atoms with Gasteiger partial charge in [0.25, 0.3) is 0 Å². The van der Waals surface area contributed by atoms with Crippen LogP contribution in [0, 0.1) is 40.4 Å². The number of likely N-dealkylation sites (N-methyl/N-ethyl adjacent to an activating group) is 1. The fourth-order valence-electron chi connectivity index (χ4n) is 20.8. The van der Waals surface area contributed by atoms with E-state index in [0.717, 1.165) is 101 Å². The second-order valence-corrected chi connectivity index (χ2v) is 40.5. The summed E-state index contributed by atoms with van der Waals surface area (Å²) in [6.45, 7) is 19.1. The van der Waals surface area contributed by atoms with E-state index in [0.29, 0.717) is 154 Å². The molecule has 5 aliphatic carbocycles. The monoisotopic (exact) mass is 1980 g/mol. The number of hydrogen-bond donors (Lipinski definition) is 13. The number of carbonyl (C=O) groups is 11. The molecule has 35 heteroatoms. The minimum absolute atomic E-state index is 0.00965. The van der Waals surface area contributed by atoms with Crippen molar-refractivity contribution in [2.75, 3.05) is 183 Å². The highest BCUT2D eigenvalue weighted by Crippen LogP contribution is 2.60. The van der Waals surface area contributed by atoms with Crippen LogP contribution in [0.3, 0.4) is 0 Å². The minimum atomic E-state index is -1.23. The Bertz CT molecular complexity index is 4940. The lowest BCUT2D eigenvalue weighted by atomic mass is 9.49. The van der Waals surface area contributed by atoms with Crippen LogP contribution in [0.15, 0.2) is 96.3 Å². The number of quaternary nitrogens is 1. The van der Waals surface area contributed by atoms with Gasteiger partial charge in [0.2, 0.25) is 59.1 Å². The van der Waals surface area contributed by atoms with E-state index in [-0.39, 0.29) is 176 Å².